The number of ketones is 1. The maximum Gasteiger partial charge on any atom is 0.357 e. The Morgan fingerprint density at radius 1 is 1.11 bits per heavy atom. The molecule has 0 fully saturated rings. The molecule has 198 valence electrons. The normalized spacial score (nSPS) is 17.6. The van der Waals surface area contributed by atoms with Gasteiger partial charge in [0.15, 0.2) is 17.3 Å². The Hall–Kier alpha value is -3.09. The van der Waals surface area contributed by atoms with Crippen LogP contribution in [0.4, 0.5) is 5.69 Å². The first-order valence-electron chi connectivity index (χ1n) is 12.0. The van der Waals surface area contributed by atoms with E-state index in [4.69, 9.17) is 19.0 Å². The molecule has 0 spiro atoms. The third-order valence-corrected chi connectivity index (χ3v) is 7.65. The lowest BCUT2D eigenvalue weighted by Crippen LogP contribution is -2.41. The van der Waals surface area contributed by atoms with Crippen LogP contribution in [0.15, 0.2) is 47.5 Å². The monoisotopic (exact) mass is 547 g/mol. The Kier molecular flexibility index (Phi) is 8.72. The molecule has 2 heterocycles. The number of aliphatic imine (C=N–C) groups is 1. The maximum atomic E-state index is 12.9. The van der Waals surface area contributed by atoms with E-state index >= 15 is 0 Å². The fourth-order valence-electron chi connectivity index (χ4n) is 3.98. The van der Waals surface area contributed by atoms with E-state index in [1.54, 1.807) is 42.1 Å². The molecule has 2 aromatic carbocycles. The molecule has 0 aromatic heterocycles. The van der Waals surface area contributed by atoms with Crippen molar-refractivity contribution in [1.29, 1.82) is 0 Å². The molecule has 0 aliphatic carbocycles. The van der Waals surface area contributed by atoms with Crippen LogP contribution in [-0.4, -0.2) is 60.8 Å². The van der Waals surface area contributed by atoms with Crippen molar-refractivity contribution in [2.24, 2.45) is 4.99 Å². The average molecular weight is 548 g/mol. The summed E-state index contributed by atoms with van der Waals surface area (Å²) in [6, 6.07) is 11.3. The summed E-state index contributed by atoms with van der Waals surface area (Å²) in [4.78, 5) is 30.3. The van der Waals surface area contributed by atoms with E-state index in [-0.39, 0.29) is 42.3 Å². The number of ether oxygens (including phenoxy) is 2. The van der Waals surface area contributed by atoms with E-state index in [1.165, 1.54) is 12.1 Å². The quantitative estimate of drug-likeness (QED) is 0.287. The zero-order valence-electron chi connectivity index (χ0n) is 20.3. The highest BCUT2D eigenvalue weighted by atomic mass is 32.2. The summed E-state index contributed by atoms with van der Waals surface area (Å²) < 4.78 is 44.0. The fourth-order valence-corrected chi connectivity index (χ4v) is 5.66. The number of hydrogen-bond acceptors (Lipinski definition) is 8. The number of carbonyl (C=O) groups is 2. The topological polar surface area (TPSA) is 143 Å². The standard InChI is InChI=1S/C25H29N3O7S2/c1-2-18-15-36-25(26-18)20(13-16-3-6-19(7-4-16)28-37(31,32)33)27-24(30)10-8-21(29)17-5-9-22-23(14-17)35-12-11-34-22/h3-7,9,14,18,20,28H,2,8,10-13,15H2,1H3,(H,27,30)(H,31,32,33)/t18?,20-/m0/s1. The highest BCUT2D eigenvalue weighted by Crippen LogP contribution is 2.31. The van der Waals surface area contributed by atoms with Gasteiger partial charge in [-0.05, 0) is 48.7 Å². The van der Waals surface area contributed by atoms with Gasteiger partial charge in [0.25, 0.3) is 0 Å². The van der Waals surface area contributed by atoms with Gasteiger partial charge in [0, 0.05) is 24.2 Å². The molecule has 0 radical (unpaired) electrons. The van der Waals surface area contributed by atoms with Gasteiger partial charge in [-0.1, -0.05) is 19.1 Å². The van der Waals surface area contributed by atoms with Crippen molar-refractivity contribution in [2.75, 3.05) is 23.7 Å². The molecule has 1 unspecified atom stereocenters. The third kappa shape index (κ3) is 7.70. The lowest BCUT2D eigenvalue weighted by molar-refractivity contribution is -0.121. The van der Waals surface area contributed by atoms with Crippen molar-refractivity contribution >= 4 is 44.5 Å². The first-order valence-corrected chi connectivity index (χ1v) is 14.4. The van der Waals surface area contributed by atoms with Gasteiger partial charge in [-0.25, -0.2) is 0 Å². The van der Waals surface area contributed by atoms with Gasteiger partial charge in [0.05, 0.1) is 22.8 Å². The molecule has 2 aliphatic heterocycles. The average Bonchev–Trinajstić information content (AvgIpc) is 3.36. The second kappa shape index (κ2) is 12.0. The molecule has 2 atom stereocenters. The van der Waals surface area contributed by atoms with Gasteiger partial charge < -0.3 is 14.8 Å². The minimum absolute atomic E-state index is 0.0240. The summed E-state index contributed by atoms with van der Waals surface area (Å²) in [5.74, 6) is 1.55. The van der Waals surface area contributed by atoms with Crippen LogP contribution in [0.3, 0.4) is 0 Å². The number of thioether (sulfide) groups is 1. The number of amides is 1. The SMILES string of the molecule is CCC1CSC([C@H](Cc2ccc(NS(=O)(=O)O)cc2)NC(=O)CCC(=O)c2ccc3c(c2)OCCO3)=N1. The summed E-state index contributed by atoms with van der Waals surface area (Å²) in [6.07, 6.45) is 1.41. The number of carbonyl (C=O) groups excluding carboxylic acids is 2. The largest absolute Gasteiger partial charge is 0.486 e. The molecule has 12 heteroatoms. The smallest absolute Gasteiger partial charge is 0.357 e. The van der Waals surface area contributed by atoms with Gasteiger partial charge in [-0.3, -0.25) is 23.9 Å². The van der Waals surface area contributed by atoms with Gasteiger partial charge >= 0.3 is 10.3 Å². The minimum Gasteiger partial charge on any atom is -0.486 e. The van der Waals surface area contributed by atoms with Crippen molar-refractivity contribution in [3.05, 3.63) is 53.6 Å². The first-order chi connectivity index (χ1) is 17.7. The summed E-state index contributed by atoms with van der Waals surface area (Å²) in [6.45, 7) is 2.96. The molecular formula is C25H29N3O7S2. The highest BCUT2D eigenvalue weighted by molar-refractivity contribution is 8.14. The molecule has 2 aliphatic rings. The Labute approximate surface area is 220 Å². The molecule has 0 bridgehead atoms. The zero-order valence-corrected chi connectivity index (χ0v) is 21.9. The number of nitrogens with zero attached hydrogens (tertiary/aromatic N) is 1. The van der Waals surface area contributed by atoms with E-state index in [1.807, 2.05) is 4.72 Å². The molecule has 37 heavy (non-hydrogen) atoms. The predicted octanol–water partition coefficient (Wildman–Crippen LogP) is 3.29. The van der Waals surface area contributed by atoms with Crippen LogP contribution >= 0.6 is 11.8 Å². The molecule has 0 saturated heterocycles. The maximum absolute atomic E-state index is 12.9. The van der Waals surface area contributed by atoms with Crippen molar-refractivity contribution in [1.82, 2.24) is 5.32 Å². The lowest BCUT2D eigenvalue weighted by Gasteiger charge is -2.19. The van der Waals surface area contributed by atoms with Gasteiger partial charge in [0.1, 0.15) is 13.2 Å². The van der Waals surface area contributed by atoms with Crippen LogP contribution in [0.25, 0.3) is 0 Å². The second-order valence-electron chi connectivity index (χ2n) is 8.72. The number of hydrogen-bond donors (Lipinski definition) is 3. The lowest BCUT2D eigenvalue weighted by atomic mass is 10.0. The second-order valence-corrected chi connectivity index (χ2v) is 10.9. The number of nitrogens with one attached hydrogen (secondary N) is 2. The molecule has 1 amide bonds. The van der Waals surface area contributed by atoms with Gasteiger partial charge in [0.2, 0.25) is 5.91 Å². The molecule has 4 rings (SSSR count). The number of rotatable bonds is 11. The number of benzene rings is 2. The van der Waals surface area contributed by atoms with E-state index in [2.05, 4.69) is 12.2 Å². The molecule has 2 aromatic rings. The zero-order chi connectivity index (χ0) is 26.4. The van der Waals surface area contributed by atoms with Crippen LogP contribution < -0.4 is 19.5 Å². The summed E-state index contributed by atoms with van der Waals surface area (Å²) >= 11 is 1.61. The van der Waals surface area contributed by atoms with Crippen molar-refractivity contribution < 1.29 is 32.0 Å². The van der Waals surface area contributed by atoms with Gasteiger partial charge in [-0.15, -0.1) is 11.8 Å². The van der Waals surface area contributed by atoms with Crippen LogP contribution in [0.2, 0.25) is 0 Å². The van der Waals surface area contributed by atoms with Crippen molar-refractivity contribution in [3.8, 4) is 11.5 Å². The molecule has 10 nitrogen and oxygen atoms in total. The van der Waals surface area contributed by atoms with Gasteiger partial charge in [-0.2, -0.15) is 8.42 Å². The van der Waals surface area contributed by atoms with E-state index in [9.17, 15) is 18.0 Å². The highest BCUT2D eigenvalue weighted by Gasteiger charge is 2.26. The Bertz CT molecular complexity index is 1280. The van der Waals surface area contributed by atoms with E-state index in [0.717, 1.165) is 22.8 Å². The first kappa shape index (κ1) is 27.0. The fraction of sp³-hybridized carbons (Fsp3) is 0.400. The summed E-state index contributed by atoms with van der Waals surface area (Å²) in [5, 5.41) is 3.85. The summed E-state index contributed by atoms with van der Waals surface area (Å²) in [7, 11) is -4.36. The van der Waals surface area contributed by atoms with Crippen molar-refractivity contribution in [3.63, 3.8) is 0 Å². The Balaban J connectivity index is 1.39. The van der Waals surface area contributed by atoms with Crippen LogP contribution in [0, 0.1) is 0 Å². The predicted molar refractivity (Wildman–Crippen MR) is 142 cm³/mol. The summed E-state index contributed by atoms with van der Waals surface area (Å²) in [5.41, 5.74) is 1.54. The minimum atomic E-state index is -4.36. The Morgan fingerprint density at radius 2 is 1.84 bits per heavy atom. The van der Waals surface area contributed by atoms with Crippen LogP contribution in [0.5, 0.6) is 11.5 Å². The number of Topliss-reactive ketones (excluding diaryl/α,β-unsaturated/α-hetero) is 1. The van der Waals surface area contributed by atoms with Crippen LogP contribution in [0.1, 0.15) is 42.1 Å². The molecule has 3 N–H and O–H groups in total. The molecular weight excluding hydrogens is 518 g/mol. The van der Waals surface area contributed by atoms with E-state index < -0.39 is 10.3 Å². The Morgan fingerprint density at radius 3 is 2.51 bits per heavy atom. The number of anilines is 1. The third-order valence-electron chi connectivity index (χ3n) is 5.92. The van der Waals surface area contributed by atoms with Crippen LogP contribution in [-0.2, 0) is 21.5 Å². The number of fused-ring (bicyclic) bond motifs is 1. The van der Waals surface area contributed by atoms with E-state index in [0.29, 0.717) is 36.7 Å². The van der Waals surface area contributed by atoms with Crippen molar-refractivity contribution in [2.45, 2.75) is 44.7 Å². The molecule has 0 saturated carbocycles.